The summed E-state index contributed by atoms with van der Waals surface area (Å²) in [6.45, 7) is 17.9. The predicted octanol–water partition coefficient (Wildman–Crippen LogP) is 11.4. The molecule has 0 spiro atoms. The van der Waals surface area contributed by atoms with E-state index in [2.05, 4.69) is 187 Å². The molecule has 4 aromatic carbocycles. The molecule has 0 aromatic heterocycles. The summed E-state index contributed by atoms with van der Waals surface area (Å²) in [6, 6.07) is 43.1. The zero-order valence-electron chi connectivity index (χ0n) is 44.4. The molecular weight excluding hydrogens is 927 g/mol. The highest BCUT2D eigenvalue weighted by Gasteiger charge is 2.53. The van der Waals surface area contributed by atoms with E-state index in [1.807, 2.05) is 44.2 Å². The summed E-state index contributed by atoms with van der Waals surface area (Å²) in [4.78, 5) is 24.8. The van der Waals surface area contributed by atoms with Crippen LogP contribution in [0.1, 0.15) is 100 Å². The van der Waals surface area contributed by atoms with Crippen LogP contribution in [0.3, 0.4) is 0 Å². The summed E-state index contributed by atoms with van der Waals surface area (Å²) in [5, 5.41) is 4.23. The van der Waals surface area contributed by atoms with Crippen molar-refractivity contribution in [1.29, 1.82) is 0 Å². The number of cyclic esters (lactones) is 1. The maximum Gasteiger partial charge on any atom is 0.309 e. The highest BCUT2D eigenvalue weighted by molar-refractivity contribution is 7.00. The van der Waals surface area contributed by atoms with Gasteiger partial charge in [-0.3, -0.25) is 9.59 Å². The molecule has 1 heterocycles. The molecule has 72 heavy (non-hydrogen) atoms. The van der Waals surface area contributed by atoms with E-state index in [4.69, 9.17) is 28.8 Å². The number of allylic oxidation sites excluding steroid dienone is 6. The fraction of sp³-hybridized carbons (Fsp3) is 0.387. The van der Waals surface area contributed by atoms with Crippen molar-refractivity contribution in [3.8, 4) is 0 Å². The molecule has 0 fully saturated rings. The lowest BCUT2D eigenvalue weighted by Gasteiger charge is -2.46. The summed E-state index contributed by atoms with van der Waals surface area (Å²) >= 11 is 0. The fourth-order valence-corrected chi connectivity index (χ4v) is 19.1. The quantitative estimate of drug-likeness (QED) is 0.0316. The van der Waals surface area contributed by atoms with Crippen LogP contribution in [-0.2, 0) is 32.7 Å². The fourth-order valence-electron chi connectivity index (χ4n) is 9.82. The van der Waals surface area contributed by atoms with Gasteiger partial charge in [-0.2, -0.15) is 0 Å². The SMILES string of the molecule is COCOC1CC/C=C/C=C/CC([C@H](C)/C=C(C)/C=C/C(N)=O)OC(=O)C/C=C/CCCC(O[Si](c2ccccc2)(c2ccccc2)C(C)(C)C)/C=C/[C@@H]1O[Si](c1ccccc1)(c1ccccc1)C(C)(C)C. The third kappa shape index (κ3) is 16.0. The number of carbonyl (C=O) groups is 2. The van der Waals surface area contributed by atoms with Gasteiger partial charge in [0.2, 0.25) is 5.91 Å². The third-order valence-electron chi connectivity index (χ3n) is 13.3. The maximum absolute atomic E-state index is 13.4. The van der Waals surface area contributed by atoms with Gasteiger partial charge in [-0.25, -0.2) is 0 Å². The first-order chi connectivity index (χ1) is 34.5. The number of carbonyl (C=O) groups excluding carboxylic acids is 2. The Balaban J connectivity index is 1.67. The lowest BCUT2D eigenvalue weighted by molar-refractivity contribution is -0.149. The standard InChI is InChI=1S/C62H81NO7Si2/c1-49(43-46-59(63)64)47-50(2)56-40-28-11-10-12-29-41-57(67-48-66-9)58(70-72(62(6,7)8,54-36-24-17-25-37-54)55-38-26-18-27-39-55)45-44-51(31-19-13-14-30-42-60(65)68-56)69-71(61(3,4)5,52-32-20-15-21-33-52)53-34-22-16-23-35-53/h10-12,14-18,20-28,30,32-39,43-47,50-51,56-58H,13,19,29,31,40-42,48H2,1-9H3,(H2,63,64)/b12-10+,28-11+,30-14+,45-44+,46-43+,49-47+/t50-,51?,56?,57?,58+/m1/s1. The first-order valence-corrected chi connectivity index (χ1v) is 29.5. The number of methoxy groups -OCH3 is 1. The molecule has 5 atom stereocenters. The van der Waals surface area contributed by atoms with E-state index in [0.717, 1.165) is 24.8 Å². The lowest BCUT2D eigenvalue weighted by atomic mass is 9.98. The number of amides is 1. The number of benzene rings is 4. The summed E-state index contributed by atoms with van der Waals surface area (Å²) in [5.41, 5.74) is 6.22. The van der Waals surface area contributed by atoms with E-state index in [1.54, 1.807) is 13.2 Å². The highest BCUT2D eigenvalue weighted by atomic mass is 28.4. The lowest BCUT2D eigenvalue weighted by Crippen LogP contribution is -2.68. The first kappa shape index (κ1) is 57.4. The minimum atomic E-state index is -3.12. The monoisotopic (exact) mass is 1010 g/mol. The normalized spacial score (nSPS) is 22.0. The van der Waals surface area contributed by atoms with Crippen LogP contribution in [0.2, 0.25) is 10.1 Å². The van der Waals surface area contributed by atoms with E-state index in [-0.39, 0.29) is 41.3 Å². The number of ether oxygens (including phenoxy) is 3. The predicted molar refractivity (Wildman–Crippen MR) is 302 cm³/mol. The number of hydrogen-bond donors (Lipinski definition) is 1. The van der Waals surface area contributed by atoms with Gasteiger partial charge < -0.3 is 28.8 Å². The van der Waals surface area contributed by atoms with E-state index >= 15 is 0 Å². The molecule has 4 aromatic rings. The van der Waals surface area contributed by atoms with Gasteiger partial charge in [0, 0.05) is 25.5 Å². The van der Waals surface area contributed by atoms with Crippen LogP contribution in [0.4, 0.5) is 0 Å². The molecule has 10 heteroatoms. The molecule has 8 nitrogen and oxygen atoms in total. The van der Waals surface area contributed by atoms with E-state index < -0.39 is 40.9 Å². The van der Waals surface area contributed by atoms with Crippen LogP contribution in [-0.4, -0.2) is 66.8 Å². The number of rotatable bonds is 15. The van der Waals surface area contributed by atoms with Crippen LogP contribution in [0.15, 0.2) is 194 Å². The molecule has 1 aliphatic rings. The second-order valence-electron chi connectivity index (χ2n) is 20.9. The van der Waals surface area contributed by atoms with Gasteiger partial charge in [0.05, 0.1) is 24.7 Å². The summed E-state index contributed by atoms with van der Waals surface area (Å²) in [7, 11) is -4.49. The Morgan fingerprint density at radius 2 is 1.21 bits per heavy atom. The number of primary amides is 1. The summed E-state index contributed by atoms with van der Waals surface area (Å²) in [5.74, 6) is -0.933. The Morgan fingerprint density at radius 1 is 0.694 bits per heavy atom. The average molecular weight is 1010 g/mol. The second-order valence-corrected chi connectivity index (χ2v) is 29.4. The average Bonchev–Trinajstić information content (AvgIpc) is 3.36. The first-order valence-electron chi connectivity index (χ1n) is 25.7. The zero-order chi connectivity index (χ0) is 52.0. The maximum atomic E-state index is 13.4. The van der Waals surface area contributed by atoms with Crippen LogP contribution in [0.25, 0.3) is 0 Å². The third-order valence-corrected chi connectivity index (χ3v) is 23.4. The van der Waals surface area contributed by atoms with Gasteiger partial charge in [-0.1, -0.05) is 236 Å². The Labute approximate surface area is 434 Å². The van der Waals surface area contributed by atoms with E-state index in [9.17, 15) is 9.59 Å². The van der Waals surface area contributed by atoms with Crippen LogP contribution < -0.4 is 26.5 Å². The summed E-state index contributed by atoms with van der Waals surface area (Å²) < 4.78 is 34.5. The molecule has 1 aliphatic heterocycles. The molecule has 0 aliphatic carbocycles. The Hall–Kier alpha value is -5.47. The van der Waals surface area contributed by atoms with Crippen molar-refractivity contribution < 1.29 is 32.7 Å². The van der Waals surface area contributed by atoms with Gasteiger partial charge in [-0.05, 0) is 69.9 Å². The van der Waals surface area contributed by atoms with Gasteiger partial charge >= 0.3 is 5.97 Å². The van der Waals surface area contributed by atoms with E-state index in [0.29, 0.717) is 19.3 Å². The zero-order valence-corrected chi connectivity index (χ0v) is 46.4. The summed E-state index contributed by atoms with van der Waals surface area (Å²) in [6.07, 6.45) is 24.4. The number of hydrogen-bond acceptors (Lipinski definition) is 7. The highest BCUT2D eigenvalue weighted by Crippen LogP contribution is 2.40. The van der Waals surface area contributed by atoms with Crippen molar-refractivity contribution in [3.05, 3.63) is 194 Å². The van der Waals surface area contributed by atoms with Crippen molar-refractivity contribution in [1.82, 2.24) is 0 Å². The molecule has 384 valence electrons. The van der Waals surface area contributed by atoms with Gasteiger partial charge in [0.1, 0.15) is 12.9 Å². The molecule has 0 saturated carbocycles. The minimum absolute atomic E-state index is 0.0988. The Bertz CT molecular complexity index is 2360. The van der Waals surface area contributed by atoms with Crippen LogP contribution in [0.5, 0.6) is 0 Å². The molecule has 1 amide bonds. The van der Waals surface area contributed by atoms with Crippen molar-refractivity contribution in [2.75, 3.05) is 13.9 Å². The van der Waals surface area contributed by atoms with Gasteiger partial charge in [0.15, 0.2) is 0 Å². The van der Waals surface area contributed by atoms with E-state index in [1.165, 1.54) is 26.8 Å². The van der Waals surface area contributed by atoms with Crippen molar-refractivity contribution in [3.63, 3.8) is 0 Å². The molecule has 0 radical (unpaired) electrons. The van der Waals surface area contributed by atoms with Crippen LogP contribution in [0, 0.1) is 5.92 Å². The van der Waals surface area contributed by atoms with Crippen molar-refractivity contribution in [2.45, 2.75) is 135 Å². The number of esters is 1. The largest absolute Gasteiger partial charge is 0.461 e. The smallest absolute Gasteiger partial charge is 0.309 e. The van der Waals surface area contributed by atoms with Gasteiger partial charge in [0.25, 0.3) is 16.6 Å². The molecular formula is C62H81NO7Si2. The molecule has 0 saturated heterocycles. The topological polar surface area (TPSA) is 106 Å². The van der Waals surface area contributed by atoms with Crippen molar-refractivity contribution in [2.24, 2.45) is 11.7 Å². The molecule has 5 rings (SSSR count). The Morgan fingerprint density at radius 3 is 1.71 bits per heavy atom. The number of nitrogens with two attached hydrogens (primary N) is 1. The molecule has 2 N–H and O–H groups in total. The molecule has 0 bridgehead atoms. The second kappa shape index (κ2) is 28.1. The minimum Gasteiger partial charge on any atom is -0.461 e. The van der Waals surface area contributed by atoms with Crippen molar-refractivity contribution >= 4 is 49.3 Å². The molecule has 3 unspecified atom stereocenters. The Kier molecular flexibility index (Phi) is 22.4. The van der Waals surface area contributed by atoms with Crippen LogP contribution >= 0.6 is 0 Å². The van der Waals surface area contributed by atoms with Gasteiger partial charge in [-0.15, -0.1) is 0 Å².